The zero-order valence-electron chi connectivity index (χ0n) is 18.6. The Balaban J connectivity index is 1.28. The van der Waals surface area contributed by atoms with E-state index in [2.05, 4.69) is 15.9 Å². The lowest BCUT2D eigenvalue weighted by Gasteiger charge is -2.39. The van der Waals surface area contributed by atoms with Crippen molar-refractivity contribution in [1.29, 1.82) is 0 Å². The first-order valence-corrected chi connectivity index (χ1v) is 11.9. The predicted molar refractivity (Wildman–Crippen MR) is 126 cm³/mol. The highest BCUT2D eigenvalue weighted by atomic mass is 35.5. The predicted octanol–water partition coefficient (Wildman–Crippen LogP) is 4.44. The summed E-state index contributed by atoms with van der Waals surface area (Å²) in [6, 6.07) is 12.9. The maximum Gasteiger partial charge on any atom is 0.225 e. The van der Waals surface area contributed by atoms with E-state index in [0.29, 0.717) is 23.7 Å². The summed E-state index contributed by atoms with van der Waals surface area (Å²) in [5, 5.41) is 0.465. The van der Waals surface area contributed by atoms with Crippen molar-refractivity contribution in [3.05, 3.63) is 58.9 Å². The standard InChI is InChI=1S/C25H31ClFN3O2/c1-2-32-24-9-4-3-8-23(24)29-14-16-30(17-15-29)25(31)19-10-12-28(13-11-19)18-20-21(26)6-5-7-22(20)27/h3-9,19H,2,10-18H2,1H3. The first-order chi connectivity index (χ1) is 15.6. The third-order valence-electron chi connectivity index (χ3n) is 6.48. The molecule has 172 valence electrons. The van der Waals surface area contributed by atoms with E-state index in [4.69, 9.17) is 16.3 Å². The van der Waals surface area contributed by atoms with E-state index in [0.717, 1.165) is 63.5 Å². The molecule has 0 aliphatic carbocycles. The third-order valence-corrected chi connectivity index (χ3v) is 6.83. The van der Waals surface area contributed by atoms with Gasteiger partial charge in [0.05, 0.1) is 12.3 Å². The molecule has 0 bridgehead atoms. The summed E-state index contributed by atoms with van der Waals surface area (Å²) in [6.07, 6.45) is 1.61. The minimum Gasteiger partial charge on any atom is -0.492 e. The van der Waals surface area contributed by atoms with Crippen LogP contribution in [0.3, 0.4) is 0 Å². The SMILES string of the molecule is CCOc1ccccc1N1CCN(C(=O)C2CCN(Cc3c(F)cccc3Cl)CC2)CC1. The van der Waals surface area contributed by atoms with Gasteiger partial charge in [0.1, 0.15) is 11.6 Å². The van der Waals surface area contributed by atoms with Crippen molar-refractivity contribution in [2.24, 2.45) is 5.92 Å². The number of piperazine rings is 1. The third kappa shape index (κ3) is 5.18. The van der Waals surface area contributed by atoms with Crippen LogP contribution < -0.4 is 9.64 Å². The van der Waals surface area contributed by atoms with Crippen molar-refractivity contribution in [3.63, 3.8) is 0 Å². The zero-order chi connectivity index (χ0) is 22.5. The number of likely N-dealkylation sites (tertiary alicyclic amines) is 1. The lowest BCUT2D eigenvalue weighted by molar-refractivity contribution is -0.137. The minimum absolute atomic E-state index is 0.0459. The number of benzene rings is 2. The monoisotopic (exact) mass is 459 g/mol. The number of carbonyl (C=O) groups is 1. The van der Waals surface area contributed by atoms with Crippen molar-refractivity contribution in [2.75, 3.05) is 50.8 Å². The second kappa shape index (κ2) is 10.5. The highest BCUT2D eigenvalue weighted by molar-refractivity contribution is 6.31. The summed E-state index contributed by atoms with van der Waals surface area (Å²) in [5.74, 6) is 0.938. The Kier molecular flexibility index (Phi) is 7.53. The van der Waals surface area contributed by atoms with Crippen LogP contribution in [0.1, 0.15) is 25.3 Å². The molecule has 0 unspecified atom stereocenters. The van der Waals surface area contributed by atoms with E-state index in [-0.39, 0.29) is 17.6 Å². The lowest BCUT2D eigenvalue weighted by atomic mass is 9.94. The summed E-state index contributed by atoms with van der Waals surface area (Å²) in [6.45, 7) is 7.74. The van der Waals surface area contributed by atoms with Crippen LogP contribution in [0.25, 0.3) is 0 Å². The molecule has 1 amide bonds. The number of para-hydroxylation sites is 2. The lowest BCUT2D eigenvalue weighted by Crippen LogP contribution is -2.51. The Morgan fingerprint density at radius 1 is 1.03 bits per heavy atom. The van der Waals surface area contributed by atoms with Crippen LogP contribution in [0.5, 0.6) is 5.75 Å². The van der Waals surface area contributed by atoms with Crippen molar-refractivity contribution >= 4 is 23.2 Å². The van der Waals surface area contributed by atoms with Crippen LogP contribution in [0.15, 0.2) is 42.5 Å². The van der Waals surface area contributed by atoms with E-state index in [1.807, 2.05) is 30.0 Å². The van der Waals surface area contributed by atoms with Crippen molar-refractivity contribution < 1.29 is 13.9 Å². The number of ether oxygens (including phenoxy) is 1. The van der Waals surface area contributed by atoms with Gasteiger partial charge in [-0.2, -0.15) is 0 Å². The van der Waals surface area contributed by atoms with Crippen LogP contribution in [-0.2, 0) is 11.3 Å². The smallest absolute Gasteiger partial charge is 0.225 e. The quantitative estimate of drug-likeness (QED) is 0.640. The molecule has 5 nitrogen and oxygen atoms in total. The van der Waals surface area contributed by atoms with Gasteiger partial charge in [0.2, 0.25) is 5.91 Å². The van der Waals surface area contributed by atoms with Gasteiger partial charge in [0.15, 0.2) is 0 Å². The molecule has 7 heteroatoms. The van der Waals surface area contributed by atoms with Gasteiger partial charge in [-0.05, 0) is 57.1 Å². The summed E-state index contributed by atoms with van der Waals surface area (Å²) < 4.78 is 19.9. The maximum absolute atomic E-state index is 14.1. The molecule has 0 saturated carbocycles. The van der Waals surface area contributed by atoms with Crippen LogP contribution in [0.4, 0.5) is 10.1 Å². The van der Waals surface area contributed by atoms with Gasteiger partial charge in [0.25, 0.3) is 0 Å². The first-order valence-electron chi connectivity index (χ1n) is 11.5. The minimum atomic E-state index is -0.264. The molecule has 0 radical (unpaired) electrons. The molecule has 2 aromatic carbocycles. The van der Waals surface area contributed by atoms with Gasteiger partial charge >= 0.3 is 0 Å². The Morgan fingerprint density at radius 3 is 2.44 bits per heavy atom. The Hall–Kier alpha value is -2.31. The number of nitrogens with zero attached hydrogens (tertiary/aromatic N) is 3. The fourth-order valence-corrected chi connectivity index (χ4v) is 4.89. The number of hydrogen-bond acceptors (Lipinski definition) is 4. The van der Waals surface area contributed by atoms with Gasteiger partial charge in [0, 0.05) is 49.2 Å². The zero-order valence-corrected chi connectivity index (χ0v) is 19.4. The Bertz CT molecular complexity index is 905. The second-order valence-electron chi connectivity index (χ2n) is 8.46. The second-order valence-corrected chi connectivity index (χ2v) is 8.87. The highest BCUT2D eigenvalue weighted by Crippen LogP contribution is 2.30. The topological polar surface area (TPSA) is 36.0 Å². The van der Waals surface area contributed by atoms with Crippen molar-refractivity contribution in [2.45, 2.75) is 26.3 Å². The molecule has 0 atom stereocenters. The number of rotatable bonds is 6. The van der Waals surface area contributed by atoms with Gasteiger partial charge in [-0.15, -0.1) is 0 Å². The van der Waals surface area contributed by atoms with Gasteiger partial charge in [-0.25, -0.2) is 4.39 Å². The molecule has 2 fully saturated rings. The van der Waals surface area contributed by atoms with Gasteiger partial charge in [-0.1, -0.05) is 29.8 Å². The number of anilines is 1. The summed E-state index contributed by atoms with van der Waals surface area (Å²) in [5.41, 5.74) is 1.64. The van der Waals surface area contributed by atoms with Crippen LogP contribution in [0, 0.1) is 11.7 Å². The largest absolute Gasteiger partial charge is 0.492 e. The normalized spacial score (nSPS) is 18.1. The van der Waals surface area contributed by atoms with E-state index in [1.165, 1.54) is 6.07 Å². The number of piperidine rings is 1. The summed E-state index contributed by atoms with van der Waals surface area (Å²) in [4.78, 5) is 19.6. The summed E-state index contributed by atoms with van der Waals surface area (Å²) in [7, 11) is 0. The molecular weight excluding hydrogens is 429 g/mol. The molecule has 2 heterocycles. The molecule has 2 aromatic rings. The number of carbonyl (C=O) groups excluding carboxylic acids is 1. The highest BCUT2D eigenvalue weighted by Gasteiger charge is 2.31. The Morgan fingerprint density at radius 2 is 1.75 bits per heavy atom. The van der Waals surface area contributed by atoms with Crippen LogP contribution >= 0.6 is 11.6 Å². The molecule has 2 aliphatic heterocycles. The Labute approximate surface area is 194 Å². The molecular formula is C25H31ClFN3O2. The van der Waals surface area contributed by atoms with E-state index < -0.39 is 0 Å². The fraction of sp³-hybridized carbons (Fsp3) is 0.480. The molecule has 4 rings (SSSR count). The van der Waals surface area contributed by atoms with Crippen LogP contribution in [0.2, 0.25) is 5.02 Å². The number of halogens is 2. The average Bonchev–Trinajstić information content (AvgIpc) is 2.82. The van der Waals surface area contributed by atoms with Crippen LogP contribution in [-0.4, -0.2) is 61.6 Å². The fourth-order valence-electron chi connectivity index (χ4n) is 4.67. The first kappa shape index (κ1) is 22.9. The van der Waals surface area contributed by atoms with Gasteiger partial charge < -0.3 is 14.5 Å². The number of amides is 1. The molecule has 0 spiro atoms. The molecule has 2 saturated heterocycles. The maximum atomic E-state index is 14.1. The van der Waals surface area contributed by atoms with Gasteiger partial charge in [-0.3, -0.25) is 9.69 Å². The molecule has 2 aliphatic rings. The molecule has 0 aromatic heterocycles. The van der Waals surface area contributed by atoms with E-state index in [1.54, 1.807) is 12.1 Å². The van der Waals surface area contributed by atoms with Crippen molar-refractivity contribution in [1.82, 2.24) is 9.80 Å². The average molecular weight is 460 g/mol. The molecule has 0 N–H and O–H groups in total. The van der Waals surface area contributed by atoms with E-state index >= 15 is 0 Å². The van der Waals surface area contributed by atoms with Crippen molar-refractivity contribution in [3.8, 4) is 5.75 Å². The van der Waals surface area contributed by atoms with E-state index in [9.17, 15) is 9.18 Å². The molecule has 32 heavy (non-hydrogen) atoms. The number of hydrogen-bond donors (Lipinski definition) is 0. The summed E-state index contributed by atoms with van der Waals surface area (Å²) >= 11 is 6.17.